The van der Waals surface area contributed by atoms with Crippen LogP contribution in [0.25, 0.3) is 0 Å². The minimum absolute atomic E-state index is 0.247. The number of anilines is 1. The molecule has 3 nitrogen and oxygen atoms in total. The van der Waals surface area contributed by atoms with Crippen LogP contribution in [0.3, 0.4) is 0 Å². The van der Waals surface area contributed by atoms with Gasteiger partial charge in [0.25, 0.3) is 0 Å². The highest BCUT2D eigenvalue weighted by Crippen LogP contribution is 2.37. The summed E-state index contributed by atoms with van der Waals surface area (Å²) in [6, 6.07) is 0.266. The maximum absolute atomic E-state index is 13.0. The topological polar surface area (TPSA) is 28.2 Å². The molecule has 0 saturated heterocycles. The van der Waals surface area contributed by atoms with Gasteiger partial charge in [-0.3, -0.25) is 0 Å². The minimum Gasteiger partial charge on any atom is -0.384 e. The molecule has 1 heterocycles. The average Bonchev–Trinajstić information content (AvgIpc) is 2.98. The Bertz CT molecular complexity index is 488. The van der Waals surface area contributed by atoms with Crippen LogP contribution >= 0.6 is 11.3 Å². The molecule has 21 heavy (non-hydrogen) atoms. The van der Waals surface area contributed by atoms with Gasteiger partial charge in [0.15, 0.2) is 10.8 Å². The molecule has 0 aliphatic heterocycles. The van der Waals surface area contributed by atoms with Crippen LogP contribution in [0.15, 0.2) is 12.3 Å². The Morgan fingerprint density at radius 1 is 1.33 bits per heavy atom. The van der Waals surface area contributed by atoms with E-state index in [1.54, 1.807) is 17.2 Å². The van der Waals surface area contributed by atoms with Gasteiger partial charge in [-0.05, 0) is 19.0 Å². The Morgan fingerprint density at radius 2 is 2.00 bits per heavy atom. The molecule has 2 rings (SSSR count). The van der Waals surface area contributed by atoms with Crippen molar-refractivity contribution in [1.29, 1.82) is 0 Å². The Kier molecular flexibility index (Phi) is 5.13. The molecule has 0 radical (unpaired) electrons. The number of hydrogen-bond donors (Lipinski definition) is 1. The van der Waals surface area contributed by atoms with Crippen LogP contribution in [-0.4, -0.2) is 30.0 Å². The molecule has 0 aromatic carbocycles. The Balaban J connectivity index is 2.14. The molecule has 1 aromatic rings. The van der Waals surface area contributed by atoms with Crippen molar-refractivity contribution >= 4 is 16.5 Å². The highest BCUT2D eigenvalue weighted by atomic mass is 32.1. The molecule has 1 aliphatic carbocycles. The number of thiazole rings is 1. The minimum atomic E-state index is -4.40. The first-order valence-electron chi connectivity index (χ1n) is 7.03. The highest BCUT2D eigenvalue weighted by Gasteiger charge is 2.37. The fraction of sp³-hybridized carbons (Fsp3) is 0.643. The van der Waals surface area contributed by atoms with E-state index in [1.165, 1.54) is 0 Å². The largest absolute Gasteiger partial charge is 0.434 e. The first kappa shape index (κ1) is 16.1. The van der Waals surface area contributed by atoms with E-state index in [9.17, 15) is 13.2 Å². The van der Waals surface area contributed by atoms with E-state index in [-0.39, 0.29) is 17.3 Å². The fourth-order valence-electron chi connectivity index (χ4n) is 2.39. The van der Waals surface area contributed by atoms with Gasteiger partial charge in [0.1, 0.15) is 0 Å². The molecular weight excluding hydrogens is 299 g/mol. The van der Waals surface area contributed by atoms with Crippen LogP contribution in [0, 0.1) is 0 Å². The Labute approximate surface area is 126 Å². The zero-order valence-electron chi connectivity index (χ0n) is 12.2. The van der Waals surface area contributed by atoms with E-state index in [4.69, 9.17) is 0 Å². The van der Waals surface area contributed by atoms with Gasteiger partial charge < -0.3 is 10.2 Å². The van der Waals surface area contributed by atoms with Gasteiger partial charge in [-0.25, -0.2) is 4.98 Å². The van der Waals surface area contributed by atoms with E-state index in [2.05, 4.69) is 10.3 Å². The van der Waals surface area contributed by atoms with Crippen molar-refractivity contribution in [3.05, 3.63) is 22.8 Å². The number of nitrogens with one attached hydrogen (secondary N) is 1. The summed E-state index contributed by atoms with van der Waals surface area (Å²) in [6.45, 7) is 0. The normalized spacial score (nSPS) is 16.8. The Hall–Kier alpha value is -1.24. The lowest BCUT2D eigenvalue weighted by atomic mass is 10.2. The first-order valence-corrected chi connectivity index (χ1v) is 7.84. The van der Waals surface area contributed by atoms with Gasteiger partial charge in [0.2, 0.25) is 0 Å². The number of hydrogen-bond acceptors (Lipinski definition) is 4. The lowest BCUT2D eigenvalue weighted by molar-refractivity contribution is -0.141. The molecule has 7 heteroatoms. The van der Waals surface area contributed by atoms with Crippen LogP contribution in [0.1, 0.15) is 36.3 Å². The van der Waals surface area contributed by atoms with Crippen LogP contribution in [0.4, 0.5) is 18.3 Å². The third kappa shape index (κ3) is 4.62. The van der Waals surface area contributed by atoms with E-state index < -0.39 is 11.9 Å². The molecule has 1 saturated carbocycles. The van der Waals surface area contributed by atoms with Crippen molar-refractivity contribution < 1.29 is 13.2 Å². The maximum Gasteiger partial charge on any atom is 0.434 e. The smallest absolute Gasteiger partial charge is 0.384 e. The number of rotatable bonds is 5. The SMILES string of the molecule is CN(C)/C=C/Cc1sc(NC2CCCC2)nc1C(F)(F)F. The van der Waals surface area contributed by atoms with Crippen molar-refractivity contribution in [2.45, 2.75) is 44.3 Å². The second-order valence-corrected chi connectivity index (χ2v) is 6.55. The highest BCUT2D eigenvalue weighted by molar-refractivity contribution is 7.15. The second kappa shape index (κ2) is 6.68. The molecule has 1 fully saturated rings. The Morgan fingerprint density at radius 3 is 2.57 bits per heavy atom. The zero-order valence-corrected chi connectivity index (χ0v) is 13.0. The van der Waals surface area contributed by atoms with Gasteiger partial charge in [0, 0.05) is 31.4 Å². The summed E-state index contributed by atoms with van der Waals surface area (Å²) in [5, 5.41) is 3.54. The monoisotopic (exact) mass is 319 g/mol. The van der Waals surface area contributed by atoms with E-state index in [0.717, 1.165) is 37.0 Å². The molecule has 118 valence electrons. The van der Waals surface area contributed by atoms with Crippen molar-refractivity contribution in [3.63, 3.8) is 0 Å². The molecule has 1 aromatic heterocycles. The number of aromatic nitrogens is 1. The molecule has 1 aliphatic rings. The fourth-order valence-corrected chi connectivity index (χ4v) is 3.42. The predicted octanol–water partition coefficient (Wildman–Crippen LogP) is 4.13. The van der Waals surface area contributed by atoms with Gasteiger partial charge in [-0.15, -0.1) is 11.3 Å². The molecular formula is C14H20F3N3S. The molecule has 0 spiro atoms. The summed E-state index contributed by atoms with van der Waals surface area (Å²) in [5.41, 5.74) is -0.753. The van der Waals surface area contributed by atoms with Crippen LogP contribution in [0.5, 0.6) is 0 Å². The molecule has 0 amide bonds. The third-order valence-corrected chi connectivity index (χ3v) is 4.36. The molecule has 0 bridgehead atoms. The lowest BCUT2D eigenvalue weighted by Gasteiger charge is -2.09. The van der Waals surface area contributed by atoms with Gasteiger partial charge in [-0.2, -0.15) is 13.2 Å². The molecule has 1 N–H and O–H groups in total. The second-order valence-electron chi connectivity index (χ2n) is 5.47. The lowest BCUT2D eigenvalue weighted by Crippen LogP contribution is -2.15. The van der Waals surface area contributed by atoms with Crippen molar-refractivity contribution in [2.75, 3.05) is 19.4 Å². The average molecular weight is 319 g/mol. The summed E-state index contributed by atoms with van der Waals surface area (Å²) in [5.74, 6) is 0. The number of nitrogens with zero attached hydrogens (tertiary/aromatic N) is 2. The van der Waals surface area contributed by atoms with Gasteiger partial charge in [0.05, 0.1) is 0 Å². The first-order chi connectivity index (χ1) is 9.86. The molecule has 0 atom stereocenters. The zero-order chi connectivity index (χ0) is 15.5. The van der Waals surface area contributed by atoms with Gasteiger partial charge >= 0.3 is 6.18 Å². The standard InChI is InChI=1S/C14H20F3N3S/c1-20(2)9-5-8-11-12(14(15,16)17)19-13(21-11)18-10-6-3-4-7-10/h5,9-10H,3-4,6-8H2,1-2H3,(H,18,19)/b9-5+. The summed E-state index contributed by atoms with van der Waals surface area (Å²) in [7, 11) is 3.67. The molecule has 0 unspecified atom stereocenters. The predicted molar refractivity (Wildman–Crippen MR) is 79.5 cm³/mol. The summed E-state index contributed by atoms with van der Waals surface area (Å²) in [4.78, 5) is 5.84. The van der Waals surface area contributed by atoms with Crippen molar-refractivity contribution in [1.82, 2.24) is 9.88 Å². The van der Waals surface area contributed by atoms with Crippen LogP contribution < -0.4 is 5.32 Å². The third-order valence-electron chi connectivity index (χ3n) is 3.36. The summed E-state index contributed by atoms with van der Waals surface area (Å²) in [6.07, 6.45) is 3.62. The van der Waals surface area contributed by atoms with E-state index >= 15 is 0 Å². The van der Waals surface area contributed by atoms with Crippen LogP contribution in [0.2, 0.25) is 0 Å². The van der Waals surface area contributed by atoms with E-state index in [1.807, 2.05) is 14.1 Å². The van der Waals surface area contributed by atoms with Gasteiger partial charge in [-0.1, -0.05) is 18.9 Å². The number of allylic oxidation sites excluding steroid dienone is 1. The quantitative estimate of drug-likeness (QED) is 0.884. The maximum atomic E-state index is 13.0. The summed E-state index contributed by atoms with van der Waals surface area (Å²) < 4.78 is 39.1. The van der Waals surface area contributed by atoms with Crippen molar-refractivity contribution in [2.24, 2.45) is 0 Å². The van der Waals surface area contributed by atoms with E-state index in [0.29, 0.717) is 5.13 Å². The number of halogens is 3. The summed E-state index contributed by atoms with van der Waals surface area (Å²) >= 11 is 1.11. The number of alkyl halides is 3. The van der Waals surface area contributed by atoms with Crippen LogP contribution in [-0.2, 0) is 12.6 Å². The van der Waals surface area contributed by atoms with Crippen molar-refractivity contribution in [3.8, 4) is 0 Å².